The number of rotatable bonds is 4. The van der Waals surface area contributed by atoms with Gasteiger partial charge in [0, 0.05) is 44.7 Å². The number of pyridine rings is 1. The highest BCUT2D eigenvalue weighted by Gasteiger charge is 2.37. The summed E-state index contributed by atoms with van der Waals surface area (Å²) in [5, 5.41) is 31.2. The number of hydrogen-bond acceptors (Lipinski definition) is 7. The van der Waals surface area contributed by atoms with E-state index in [0.29, 0.717) is 30.8 Å². The molecule has 0 radical (unpaired) electrons. The van der Waals surface area contributed by atoms with Crippen LogP contribution in [0.4, 0.5) is 16.2 Å². The molecule has 9 nitrogen and oxygen atoms in total. The molecular weight excluding hydrogens is 434 g/mol. The van der Waals surface area contributed by atoms with Crippen LogP contribution in [0.2, 0.25) is 0 Å². The van der Waals surface area contributed by atoms with Gasteiger partial charge >= 0.3 is 6.09 Å². The van der Waals surface area contributed by atoms with Gasteiger partial charge in [-0.1, -0.05) is 18.2 Å². The van der Waals surface area contributed by atoms with Crippen LogP contribution in [-0.2, 0) is 0 Å². The Morgan fingerprint density at radius 1 is 1.12 bits per heavy atom. The number of carbonyl (C=O) groups is 1. The van der Waals surface area contributed by atoms with Crippen LogP contribution in [0.25, 0.3) is 22.0 Å². The number of amides is 1. The molecule has 1 saturated heterocycles. The van der Waals surface area contributed by atoms with Gasteiger partial charge in [0.25, 0.3) is 0 Å². The highest BCUT2D eigenvalue weighted by molar-refractivity contribution is 6.01. The molecule has 0 spiro atoms. The largest absolute Gasteiger partial charge is 0.507 e. The van der Waals surface area contributed by atoms with Crippen LogP contribution in [0.3, 0.4) is 0 Å². The quantitative estimate of drug-likeness (QED) is 0.543. The number of piperazine rings is 1. The maximum atomic E-state index is 11.6. The number of phenolic OH excluding ortho intramolecular Hbond substituents is 2. The molecule has 0 unspecified atom stereocenters. The van der Waals surface area contributed by atoms with E-state index >= 15 is 0 Å². The molecule has 0 bridgehead atoms. The number of aromatic nitrogens is 1. The Bertz CT molecular complexity index is 1230. The molecule has 1 atom stereocenters. The molecule has 1 fully saturated rings. The molecule has 5 rings (SSSR count). The molecule has 2 aliphatic rings. The van der Waals surface area contributed by atoms with Gasteiger partial charge in [-0.3, -0.25) is 4.98 Å². The summed E-state index contributed by atoms with van der Waals surface area (Å²) in [4.78, 5) is 24.7. The normalized spacial score (nSPS) is 17.7. The number of likely N-dealkylation sites (N-methyl/N-ethyl adjacent to an activating group) is 1. The third-order valence-corrected chi connectivity index (χ3v) is 6.76. The minimum Gasteiger partial charge on any atom is -0.507 e. The molecule has 3 heterocycles. The minimum atomic E-state index is -0.878. The van der Waals surface area contributed by atoms with Gasteiger partial charge < -0.3 is 34.9 Å². The van der Waals surface area contributed by atoms with Crippen LogP contribution in [0.1, 0.15) is 0 Å². The average molecular weight is 464 g/mol. The van der Waals surface area contributed by atoms with E-state index < -0.39 is 6.09 Å². The van der Waals surface area contributed by atoms with Crippen LogP contribution in [0, 0.1) is 0 Å². The van der Waals surface area contributed by atoms with E-state index in [1.54, 1.807) is 18.2 Å². The molecule has 2 aromatic carbocycles. The van der Waals surface area contributed by atoms with E-state index in [9.17, 15) is 20.1 Å². The first-order valence-electron chi connectivity index (χ1n) is 11.4. The van der Waals surface area contributed by atoms with Crippen molar-refractivity contribution >= 4 is 28.4 Å². The van der Waals surface area contributed by atoms with E-state index in [-0.39, 0.29) is 17.5 Å². The number of fused-ring (bicyclic) bond motifs is 5. The number of nitrogens with zero attached hydrogens (tertiary/aromatic N) is 5. The predicted molar refractivity (Wildman–Crippen MR) is 132 cm³/mol. The first-order chi connectivity index (χ1) is 16.3. The number of anilines is 2. The standard InChI is InChI=1S/C25H29N5O4/c1-27(2)8-9-28-14-17-15-29(25(33)34)10-11-30(17)24-18-7-6-16(12-19(18)26-13-20(24)28)23-21(31)4-3-5-22(23)32/h3-7,12-13,17,31-32H,8-11,14-15H2,1-2H3,(H,33,34)/t17-/m0/s1. The molecule has 9 heteroatoms. The summed E-state index contributed by atoms with van der Waals surface area (Å²) in [6.45, 7) is 3.96. The fraction of sp³-hybridized carbons (Fsp3) is 0.360. The molecule has 2 aliphatic heterocycles. The predicted octanol–water partition coefficient (Wildman–Crippen LogP) is 2.86. The van der Waals surface area contributed by atoms with Crippen LogP contribution < -0.4 is 9.80 Å². The fourth-order valence-electron chi connectivity index (χ4n) is 5.05. The highest BCUT2D eigenvalue weighted by atomic mass is 16.4. The molecular formula is C25H29N5O4. The maximum absolute atomic E-state index is 11.6. The molecule has 0 saturated carbocycles. The van der Waals surface area contributed by atoms with E-state index in [2.05, 4.69) is 14.7 Å². The van der Waals surface area contributed by atoms with Crippen LogP contribution in [0.15, 0.2) is 42.6 Å². The van der Waals surface area contributed by atoms with Crippen molar-refractivity contribution in [3.8, 4) is 22.6 Å². The molecule has 3 aromatic rings. The van der Waals surface area contributed by atoms with Gasteiger partial charge in [-0.05, 0) is 37.9 Å². The second kappa shape index (κ2) is 8.57. The second-order valence-corrected chi connectivity index (χ2v) is 9.22. The summed E-state index contributed by atoms with van der Waals surface area (Å²) in [5.74, 6) is 0.0223. The SMILES string of the molecule is CN(C)CCN1C[C@H]2CN(C(=O)O)CCN2c2c1cnc1cc(-c3c(O)cccc3O)ccc21. The van der Waals surface area contributed by atoms with Crippen LogP contribution in [0.5, 0.6) is 11.5 Å². The van der Waals surface area contributed by atoms with E-state index in [1.807, 2.05) is 38.5 Å². The maximum Gasteiger partial charge on any atom is 0.407 e. The number of carboxylic acid groups (broad SMARTS) is 1. The third-order valence-electron chi connectivity index (χ3n) is 6.76. The number of aromatic hydroxyl groups is 2. The Morgan fingerprint density at radius 3 is 2.59 bits per heavy atom. The first kappa shape index (κ1) is 22.1. The lowest BCUT2D eigenvalue weighted by atomic mass is 9.98. The van der Waals surface area contributed by atoms with E-state index in [0.717, 1.165) is 41.9 Å². The summed E-state index contributed by atoms with van der Waals surface area (Å²) in [6.07, 6.45) is 1.01. The Balaban J connectivity index is 1.61. The van der Waals surface area contributed by atoms with Gasteiger partial charge in [-0.15, -0.1) is 0 Å². The Labute approximate surface area is 198 Å². The summed E-state index contributed by atoms with van der Waals surface area (Å²) in [5.41, 5.74) is 3.94. The average Bonchev–Trinajstić information content (AvgIpc) is 2.81. The van der Waals surface area contributed by atoms with Crippen molar-refractivity contribution in [3.05, 3.63) is 42.6 Å². The summed E-state index contributed by atoms with van der Waals surface area (Å²) < 4.78 is 0. The lowest BCUT2D eigenvalue weighted by molar-refractivity contribution is 0.134. The smallest absolute Gasteiger partial charge is 0.407 e. The van der Waals surface area contributed by atoms with E-state index in [1.165, 1.54) is 4.90 Å². The third kappa shape index (κ3) is 3.81. The molecule has 34 heavy (non-hydrogen) atoms. The van der Waals surface area contributed by atoms with Crippen molar-refractivity contribution < 1.29 is 20.1 Å². The molecule has 3 N–H and O–H groups in total. The zero-order chi connectivity index (χ0) is 24.0. The molecule has 1 amide bonds. The zero-order valence-corrected chi connectivity index (χ0v) is 19.3. The second-order valence-electron chi connectivity index (χ2n) is 9.22. The zero-order valence-electron chi connectivity index (χ0n) is 19.3. The number of phenols is 2. The highest BCUT2D eigenvalue weighted by Crippen LogP contribution is 2.44. The topological polar surface area (TPSA) is 104 Å². The summed E-state index contributed by atoms with van der Waals surface area (Å²) >= 11 is 0. The van der Waals surface area contributed by atoms with Crippen molar-refractivity contribution in [2.45, 2.75) is 6.04 Å². The van der Waals surface area contributed by atoms with Crippen molar-refractivity contribution in [2.24, 2.45) is 0 Å². The van der Waals surface area contributed by atoms with Crippen molar-refractivity contribution in [2.75, 3.05) is 63.2 Å². The summed E-state index contributed by atoms with van der Waals surface area (Å²) in [6, 6.07) is 10.5. The van der Waals surface area contributed by atoms with Gasteiger partial charge in [0.1, 0.15) is 11.5 Å². The van der Waals surface area contributed by atoms with Crippen LogP contribution in [-0.4, -0.2) is 95.6 Å². The Hall–Kier alpha value is -3.72. The van der Waals surface area contributed by atoms with Gasteiger partial charge in [-0.25, -0.2) is 4.79 Å². The number of hydrogen-bond donors (Lipinski definition) is 3. The monoisotopic (exact) mass is 463 g/mol. The Kier molecular flexibility index (Phi) is 5.57. The van der Waals surface area contributed by atoms with Crippen molar-refractivity contribution in [1.82, 2.24) is 14.8 Å². The van der Waals surface area contributed by atoms with Crippen LogP contribution >= 0.6 is 0 Å². The van der Waals surface area contributed by atoms with Gasteiger partial charge in [0.15, 0.2) is 0 Å². The Morgan fingerprint density at radius 2 is 1.88 bits per heavy atom. The van der Waals surface area contributed by atoms with Crippen molar-refractivity contribution in [1.29, 1.82) is 0 Å². The lowest BCUT2D eigenvalue weighted by Gasteiger charge is -2.49. The van der Waals surface area contributed by atoms with Gasteiger partial charge in [0.2, 0.25) is 0 Å². The van der Waals surface area contributed by atoms with Crippen molar-refractivity contribution in [3.63, 3.8) is 0 Å². The molecule has 1 aromatic heterocycles. The fourth-order valence-corrected chi connectivity index (χ4v) is 5.05. The summed E-state index contributed by atoms with van der Waals surface area (Å²) in [7, 11) is 4.08. The number of benzene rings is 2. The molecule has 0 aliphatic carbocycles. The lowest BCUT2D eigenvalue weighted by Crippen LogP contribution is -2.61. The van der Waals surface area contributed by atoms with Gasteiger partial charge in [0.05, 0.1) is 34.7 Å². The van der Waals surface area contributed by atoms with E-state index in [4.69, 9.17) is 4.98 Å². The minimum absolute atomic E-state index is 0.0111. The van der Waals surface area contributed by atoms with Gasteiger partial charge in [-0.2, -0.15) is 0 Å². The first-order valence-corrected chi connectivity index (χ1v) is 11.4. The molecule has 178 valence electrons.